The molecule has 0 unspecified atom stereocenters. The Labute approximate surface area is 116 Å². The van der Waals surface area contributed by atoms with Gasteiger partial charge in [-0.25, -0.2) is 0 Å². The second-order valence-corrected chi connectivity index (χ2v) is 5.29. The lowest BCUT2D eigenvalue weighted by atomic mass is 10.2. The molecule has 0 aliphatic carbocycles. The molecule has 0 spiro atoms. The van der Waals surface area contributed by atoms with Gasteiger partial charge in [0.05, 0.1) is 4.34 Å². The quantitative estimate of drug-likeness (QED) is 0.851. The minimum Gasteiger partial charge on any atom is -0.312 e. The first-order chi connectivity index (χ1) is 7.84. The van der Waals surface area contributed by atoms with E-state index in [0.29, 0.717) is 0 Å². The monoisotopic (exact) mass is 288 g/mol. The van der Waals surface area contributed by atoms with Crippen LogP contribution in [0.4, 0.5) is 0 Å². The summed E-state index contributed by atoms with van der Waals surface area (Å²) in [4.78, 5) is 5.31. The molecular formula is C12H14Cl2N2S. The van der Waals surface area contributed by atoms with Crippen LogP contribution in [0.5, 0.6) is 0 Å². The number of aromatic nitrogens is 1. The lowest BCUT2D eigenvalue weighted by Crippen LogP contribution is -2.16. The van der Waals surface area contributed by atoms with E-state index in [9.17, 15) is 0 Å². The van der Waals surface area contributed by atoms with E-state index in [-0.39, 0.29) is 12.4 Å². The van der Waals surface area contributed by atoms with Gasteiger partial charge in [0.1, 0.15) is 0 Å². The number of hydrogen-bond acceptors (Lipinski definition) is 3. The van der Waals surface area contributed by atoms with Crippen molar-refractivity contribution in [1.82, 2.24) is 10.3 Å². The van der Waals surface area contributed by atoms with E-state index in [4.69, 9.17) is 11.6 Å². The van der Waals surface area contributed by atoms with E-state index in [2.05, 4.69) is 16.4 Å². The zero-order valence-corrected chi connectivity index (χ0v) is 11.6. The third-order valence-corrected chi connectivity index (χ3v) is 3.55. The Morgan fingerprint density at radius 3 is 2.59 bits per heavy atom. The Morgan fingerprint density at radius 1 is 1.18 bits per heavy atom. The normalized spacial score (nSPS) is 9.94. The van der Waals surface area contributed by atoms with Crippen LogP contribution in [0.3, 0.4) is 0 Å². The van der Waals surface area contributed by atoms with Crippen molar-refractivity contribution in [1.29, 1.82) is 0 Å². The summed E-state index contributed by atoms with van der Waals surface area (Å²) in [5, 5.41) is 3.40. The van der Waals surface area contributed by atoms with Gasteiger partial charge in [-0.05, 0) is 36.2 Å². The topological polar surface area (TPSA) is 24.9 Å². The van der Waals surface area contributed by atoms with Gasteiger partial charge in [-0.3, -0.25) is 4.98 Å². The molecule has 0 aromatic carbocycles. The van der Waals surface area contributed by atoms with E-state index in [1.165, 1.54) is 10.4 Å². The van der Waals surface area contributed by atoms with Crippen LogP contribution in [0.1, 0.15) is 10.4 Å². The molecular weight excluding hydrogens is 275 g/mol. The van der Waals surface area contributed by atoms with Crippen molar-refractivity contribution < 1.29 is 0 Å². The molecule has 2 heterocycles. The van der Waals surface area contributed by atoms with Crippen LogP contribution in [0.25, 0.3) is 0 Å². The molecule has 0 fully saturated rings. The molecule has 0 radical (unpaired) electrons. The first-order valence-corrected chi connectivity index (χ1v) is 6.38. The molecule has 0 aliphatic rings. The van der Waals surface area contributed by atoms with Crippen molar-refractivity contribution in [2.45, 2.75) is 13.0 Å². The fraction of sp³-hybridized carbons (Fsp3) is 0.250. The Morgan fingerprint density at radius 2 is 1.94 bits per heavy atom. The van der Waals surface area contributed by atoms with Crippen molar-refractivity contribution in [3.63, 3.8) is 0 Å². The van der Waals surface area contributed by atoms with Crippen molar-refractivity contribution in [3.8, 4) is 0 Å². The number of rotatable bonds is 5. The number of halogens is 2. The molecule has 92 valence electrons. The maximum atomic E-state index is 5.86. The van der Waals surface area contributed by atoms with Gasteiger partial charge in [-0.15, -0.1) is 23.7 Å². The lowest BCUT2D eigenvalue weighted by Gasteiger charge is -2.03. The molecule has 0 bridgehead atoms. The van der Waals surface area contributed by atoms with Gasteiger partial charge in [-0.1, -0.05) is 11.6 Å². The van der Waals surface area contributed by atoms with Gasteiger partial charge >= 0.3 is 0 Å². The van der Waals surface area contributed by atoms with Gasteiger partial charge in [0.2, 0.25) is 0 Å². The summed E-state index contributed by atoms with van der Waals surface area (Å²) in [5.41, 5.74) is 1.26. The Hall–Kier alpha value is -0.610. The van der Waals surface area contributed by atoms with E-state index in [1.54, 1.807) is 11.3 Å². The van der Waals surface area contributed by atoms with Crippen LogP contribution < -0.4 is 5.32 Å². The van der Waals surface area contributed by atoms with E-state index in [1.807, 2.05) is 30.6 Å². The zero-order chi connectivity index (χ0) is 11.2. The molecule has 2 rings (SSSR count). The van der Waals surface area contributed by atoms with Crippen LogP contribution in [-0.4, -0.2) is 11.5 Å². The van der Waals surface area contributed by atoms with E-state index >= 15 is 0 Å². The predicted molar refractivity (Wildman–Crippen MR) is 76.2 cm³/mol. The predicted octanol–water partition coefficient (Wildman–Crippen LogP) is 3.55. The van der Waals surface area contributed by atoms with Crippen LogP contribution in [0, 0.1) is 0 Å². The summed E-state index contributed by atoms with van der Waals surface area (Å²) in [6.07, 6.45) is 4.66. The number of pyridine rings is 1. The maximum absolute atomic E-state index is 5.86. The molecule has 0 atom stereocenters. The number of hydrogen-bond donors (Lipinski definition) is 1. The minimum atomic E-state index is 0. The second kappa shape index (κ2) is 7.67. The molecule has 2 aromatic rings. The largest absolute Gasteiger partial charge is 0.312 e. The molecule has 0 saturated carbocycles. The first kappa shape index (κ1) is 14.5. The minimum absolute atomic E-state index is 0. The van der Waals surface area contributed by atoms with Crippen LogP contribution in [-0.2, 0) is 13.0 Å². The first-order valence-electron chi connectivity index (χ1n) is 5.18. The Bertz CT molecular complexity index is 431. The highest BCUT2D eigenvalue weighted by atomic mass is 35.5. The van der Waals surface area contributed by atoms with Crippen molar-refractivity contribution in [2.24, 2.45) is 0 Å². The average Bonchev–Trinajstić information content (AvgIpc) is 2.72. The van der Waals surface area contributed by atoms with Crippen LogP contribution in [0.2, 0.25) is 4.34 Å². The van der Waals surface area contributed by atoms with Gasteiger partial charge in [0.15, 0.2) is 0 Å². The Balaban J connectivity index is 0.00000144. The molecule has 2 aromatic heterocycles. The third-order valence-electron chi connectivity index (χ3n) is 2.26. The Kier molecular flexibility index (Phi) is 6.52. The summed E-state index contributed by atoms with van der Waals surface area (Å²) in [6, 6.07) is 8.08. The summed E-state index contributed by atoms with van der Waals surface area (Å²) >= 11 is 7.51. The number of nitrogens with zero attached hydrogens (tertiary/aromatic N) is 1. The van der Waals surface area contributed by atoms with Crippen LogP contribution in [0.15, 0.2) is 36.7 Å². The molecule has 17 heavy (non-hydrogen) atoms. The smallest absolute Gasteiger partial charge is 0.0931 e. The number of thiophene rings is 1. The fourth-order valence-electron chi connectivity index (χ4n) is 1.43. The van der Waals surface area contributed by atoms with Gasteiger partial charge in [0.25, 0.3) is 0 Å². The average molecular weight is 289 g/mol. The summed E-state index contributed by atoms with van der Waals surface area (Å²) in [7, 11) is 0. The highest BCUT2D eigenvalue weighted by molar-refractivity contribution is 7.16. The molecule has 0 aliphatic heterocycles. The highest BCUT2D eigenvalue weighted by Gasteiger charge is 1.97. The SMILES string of the molecule is Cl.Clc1ccc(CCNCc2ccncc2)s1. The summed E-state index contributed by atoms with van der Waals surface area (Å²) in [5.74, 6) is 0. The zero-order valence-electron chi connectivity index (χ0n) is 9.23. The molecule has 0 saturated heterocycles. The summed E-state index contributed by atoms with van der Waals surface area (Å²) < 4.78 is 0.865. The molecule has 1 N–H and O–H groups in total. The van der Waals surface area contributed by atoms with Gasteiger partial charge < -0.3 is 5.32 Å². The fourth-order valence-corrected chi connectivity index (χ4v) is 2.52. The van der Waals surface area contributed by atoms with Crippen molar-refractivity contribution in [3.05, 3.63) is 51.4 Å². The molecule has 0 amide bonds. The highest BCUT2D eigenvalue weighted by Crippen LogP contribution is 2.21. The maximum Gasteiger partial charge on any atom is 0.0931 e. The number of nitrogens with one attached hydrogen (secondary N) is 1. The molecule has 5 heteroatoms. The second-order valence-electron chi connectivity index (χ2n) is 3.49. The van der Waals surface area contributed by atoms with Crippen LogP contribution >= 0.6 is 35.3 Å². The van der Waals surface area contributed by atoms with Gasteiger partial charge in [0, 0.05) is 30.4 Å². The van der Waals surface area contributed by atoms with Gasteiger partial charge in [-0.2, -0.15) is 0 Å². The molecule has 2 nitrogen and oxygen atoms in total. The summed E-state index contributed by atoms with van der Waals surface area (Å²) in [6.45, 7) is 1.86. The lowest BCUT2D eigenvalue weighted by molar-refractivity contribution is 0.690. The van der Waals surface area contributed by atoms with E-state index < -0.39 is 0 Å². The third kappa shape index (κ3) is 5.04. The van der Waals surface area contributed by atoms with E-state index in [0.717, 1.165) is 23.8 Å². The standard InChI is InChI=1S/C12H13ClN2S.ClH/c13-12-2-1-11(16-12)5-8-15-9-10-3-6-14-7-4-10;/h1-4,6-7,15H,5,8-9H2;1H. The van der Waals surface area contributed by atoms with Crippen molar-refractivity contribution >= 4 is 35.3 Å². The van der Waals surface area contributed by atoms with Crippen molar-refractivity contribution in [2.75, 3.05) is 6.54 Å².